The van der Waals surface area contributed by atoms with Gasteiger partial charge in [0, 0.05) is 13.1 Å². The summed E-state index contributed by atoms with van der Waals surface area (Å²) in [6, 6.07) is 16.6. The third-order valence-electron chi connectivity index (χ3n) is 7.74. The minimum atomic E-state index is -4.35. The molecule has 0 spiro atoms. The number of amides is 1. The van der Waals surface area contributed by atoms with Gasteiger partial charge in [0.25, 0.3) is 5.91 Å². The first-order chi connectivity index (χ1) is 18.6. The van der Waals surface area contributed by atoms with Crippen molar-refractivity contribution in [2.75, 3.05) is 26.2 Å². The topological polar surface area (TPSA) is 35.9 Å². The van der Waals surface area contributed by atoms with Gasteiger partial charge in [-0.25, -0.2) is 13.8 Å². The second-order valence-corrected chi connectivity index (χ2v) is 10.1. The first-order valence-electron chi connectivity index (χ1n) is 12.9. The van der Waals surface area contributed by atoms with Crippen LogP contribution in [-0.4, -0.2) is 47.7 Å². The molecule has 0 bridgehead atoms. The molecule has 9 heteroatoms. The fourth-order valence-corrected chi connectivity index (χ4v) is 5.56. The summed E-state index contributed by atoms with van der Waals surface area (Å²) < 4.78 is 66.0. The molecule has 0 saturated carbocycles. The zero-order chi connectivity index (χ0) is 27.8. The van der Waals surface area contributed by atoms with Crippen LogP contribution >= 0.6 is 0 Å². The van der Waals surface area contributed by atoms with Gasteiger partial charge in [0.2, 0.25) is 0 Å². The fourth-order valence-electron chi connectivity index (χ4n) is 5.56. The van der Waals surface area contributed by atoms with Gasteiger partial charge in [0.1, 0.15) is 17.5 Å². The molecule has 2 heterocycles. The van der Waals surface area contributed by atoms with E-state index in [0.717, 1.165) is 43.6 Å². The van der Waals surface area contributed by atoms with Gasteiger partial charge in [-0.1, -0.05) is 36.4 Å². The lowest BCUT2D eigenvalue weighted by Gasteiger charge is -2.34. The summed E-state index contributed by atoms with van der Waals surface area (Å²) in [7, 11) is 0. The van der Waals surface area contributed by atoms with Gasteiger partial charge in [-0.2, -0.15) is 13.2 Å². The van der Waals surface area contributed by atoms with E-state index in [-0.39, 0.29) is 11.8 Å². The highest BCUT2D eigenvalue weighted by Gasteiger charge is 2.50. The Kier molecular flexibility index (Phi) is 7.29. The number of hydrogen-bond donors (Lipinski definition) is 0. The lowest BCUT2D eigenvalue weighted by atomic mass is 9.83. The number of amidine groups is 1. The maximum atomic E-state index is 13.9. The average molecular weight is 542 g/mol. The number of rotatable bonds is 6. The Bertz CT molecular complexity index is 1300. The van der Waals surface area contributed by atoms with Crippen molar-refractivity contribution >= 4 is 11.7 Å². The van der Waals surface area contributed by atoms with Crippen LogP contribution in [-0.2, 0) is 16.5 Å². The van der Waals surface area contributed by atoms with Crippen LogP contribution in [0.3, 0.4) is 0 Å². The SMILES string of the molecule is CC1=NC(c2ccc(F)cc2)(c2ccc(F)cc2)C(=O)N1CCN1CCC(c2ccc(C(F)(F)F)cc2)CC1. The number of halogens is 5. The summed E-state index contributed by atoms with van der Waals surface area (Å²) in [6.07, 6.45) is -2.73. The van der Waals surface area contributed by atoms with E-state index in [2.05, 4.69) is 4.90 Å². The van der Waals surface area contributed by atoms with Gasteiger partial charge < -0.3 is 4.90 Å². The van der Waals surface area contributed by atoms with Gasteiger partial charge in [-0.3, -0.25) is 9.69 Å². The summed E-state index contributed by atoms with van der Waals surface area (Å²) in [6.45, 7) is 4.25. The highest BCUT2D eigenvalue weighted by molar-refractivity contribution is 6.09. The van der Waals surface area contributed by atoms with Crippen LogP contribution in [0.4, 0.5) is 22.0 Å². The Balaban J connectivity index is 1.27. The molecule has 5 rings (SSSR count). The quantitative estimate of drug-likeness (QED) is 0.340. The number of carbonyl (C=O) groups is 1. The van der Waals surface area contributed by atoms with E-state index in [4.69, 9.17) is 4.99 Å². The molecule has 3 aromatic carbocycles. The van der Waals surface area contributed by atoms with E-state index in [1.807, 2.05) is 0 Å². The number of benzene rings is 3. The molecule has 0 unspecified atom stereocenters. The van der Waals surface area contributed by atoms with Gasteiger partial charge in [-0.05, 0) is 91.9 Å². The Morgan fingerprint density at radius 1 is 0.821 bits per heavy atom. The maximum Gasteiger partial charge on any atom is 0.416 e. The molecule has 0 aromatic heterocycles. The average Bonchev–Trinajstić information content (AvgIpc) is 3.18. The van der Waals surface area contributed by atoms with Gasteiger partial charge in [0.05, 0.1) is 5.56 Å². The van der Waals surface area contributed by atoms with Crippen LogP contribution in [0.1, 0.15) is 47.9 Å². The van der Waals surface area contributed by atoms with Crippen LogP contribution in [0.25, 0.3) is 0 Å². The predicted molar refractivity (Wildman–Crippen MR) is 138 cm³/mol. The molecule has 2 aliphatic rings. The van der Waals surface area contributed by atoms with Crippen molar-refractivity contribution in [3.8, 4) is 0 Å². The van der Waals surface area contributed by atoms with Crippen molar-refractivity contribution in [3.05, 3.63) is 107 Å². The van der Waals surface area contributed by atoms with Crippen molar-refractivity contribution in [1.82, 2.24) is 9.80 Å². The zero-order valence-electron chi connectivity index (χ0n) is 21.4. The third kappa shape index (κ3) is 5.32. The minimum absolute atomic E-state index is 0.185. The molecule has 0 atom stereocenters. The van der Waals surface area contributed by atoms with E-state index in [9.17, 15) is 26.7 Å². The number of nitrogens with zero attached hydrogens (tertiary/aromatic N) is 3. The minimum Gasteiger partial charge on any atom is -0.302 e. The number of aliphatic imine (C=N–C) groups is 1. The summed E-state index contributed by atoms with van der Waals surface area (Å²) in [5, 5.41) is 0. The van der Waals surface area contributed by atoms with Gasteiger partial charge >= 0.3 is 6.18 Å². The highest BCUT2D eigenvalue weighted by atomic mass is 19.4. The normalized spacial score (nSPS) is 18.5. The molecule has 39 heavy (non-hydrogen) atoms. The molecule has 0 aliphatic carbocycles. The first kappa shape index (κ1) is 27.0. The molecule has 1 amide bonds. The molecule has 4 nitrogen and oxygen atoms in total. The number of piperidine rings is 1. The monoisotopic (exact) mass is 541 g/mol. The number of hydrogen-bond acceptors (Lipinski definition) is 3. The Labute approximate surface area is 223 Å². The molecular weight excluding hydrogens is 513 g/mol. The van der Waals surface area contributed by atoms with Crippen molar-refractivity contribution in [3.63, 3.8) is 0 Å². The molecular formula is C30H28F5N3O. The smallest absolute Gasteiger partial charge is 0.302 e. The summed E-state index contributed by atoms with van der Waals surface area (Å²) in [5.41, 5.74) is -0.169. The van der Waals surface area contributed by atoms with E-state index >= 15 is 0 Å². The molecule has 0 N–H and O–H groups in total. The molecule has 3 aromatic rings. The summed E-state index contributed by atoms with van der Waals surface area (Å²) >= 11 is 0. The maximum absolute atomic E-state index is 13.9. The number of carbonyl (C=O) groups excluding carboxylic acids is 1. The third-order valence-corrected chi connectivity index (χ3v) is 7.74. The largest absolute Gasteiger partial charge is 0.416 e. The second kappa shape index (κ2) is 10.5. The van der Waals surface area contributed by atoms with Crippen LogP contribution in [0.15, 0.2) is 77.8 Å². The van der Waals surface area contributed by atoms with E-state index in [1.54, 1.807) is 24.0 Å². The lowest BCUT2D eigenvalue weighted by molar-refractivity contribution is -0.137. The van der Waals surface area contributed by atoms with E-state index in [1.165, 1.54) is 48.5 Å². The van der Waals surface area contributed by atoms with Gasteiger partial charge in [-0.15, -0.1) is 0 Å². The number of likely N-dealkylation sites (tertiary alicyclic amines) is 1. The lowest BCUT2D eigenvalue weighted by Crippen LogP contribution is -2.45. The Hall–Kier alpha value is -3.59. The van der Waals surface area contributed by atoms with Crippen LogP contribution in [0, 0.1) is 11.6 Å². The van der Waals surface area contributed by atoms with Gasteiger partial charge in [0.15, 0.2) is 5.54 Å². The number of alkyl halides is 3. The van der Waals surface area contributed by atoms with Crippen molar-refractivity contribution in [1.29, 1.82) is 0 Å². The van der Waals surface area contributed by atoms with Crippen molar-refractivity contribution in [2.45, 2.75) is 37.4 Å². The van der Waals surface area contributed by atoms with E-state index in [0.29, 0.717) is 30.1 Å². The van der Waals surface area contributed by atoms with E-state index < -0.39 is 28.9 Å². The Morgan fingerprint density at radius 3 is 1.82 bits per heavy atom. The highest BCUT2D eigenvalue weighted by Crippen LogP contribution is 2.40. The second-order valence-electron chi connectivity index (χ2n) is 10.1. The molecule has 1 fully saturated rings. The molecule has 1 saturated heterocycles. The standard InChI is InChI=1S/C30H28F5N3O/c1-20-36-29(23-6-10-26(31)11-7-23,24-8-12-27(32)13-9-24)28(39)38(20)19-18-37-16-14-22(15-17-37)21-2-4-25(5-3-21)30(33,34)35/h2-13,22H,14-19H2,1H3. The molecule has 0 radical (unpaired) electrons. The summed E-state index contributed by atoms with van der Waals surface area (Å²) in [4.78, 5) is 22.6. The van der Waals surface area contributed by atoms with Crippen LogP contribution in [0.5, 0.6) is 0 Å². The van der Waals surface area contributed by atoms with Crippen molar-refractivity contribution < 1.29 is 26.7 Å². The Morgan fingerprint density at radius 2 is 1.33 bits per heavy atom. The predicted octanol–water partition coefficient (Wildman–Crippen LogP) is 6.37. The molecule has 2 aliphatic heterocycles. The van der Waals surface area contributed by atoms with Crippen molar-refractivity contribution in [2.24, 2.45) is 4.99 Å². The van der Waals surface area contributed by atoms with Crippen LogP contribution in [0.2, 0.25) is 0 Å². The first-order valence-corrected chi connectivity index (χ1v) is 12.9. The zero-order valence-corrected chi connectivity index (χ0v) is 21.4. The molecule has 204 valence electrons. The fraction of sp³-hybridized carbons (Fsp3) is 0.333. The summed E-state index contributed by atoms with van der Waals surface area (Å²) in [5.74, 6) is -0.442. The van der Waals surface area contributed by atoms with Crippen LogP contribution < -0.4 is 0 Å².